The Labute approximate surface area is 214 Å². The lowest BCUT2D eigenvalue weighted by molar-refractivity contribution is -0.165. The lowest BCUT2D eigenvalue weighted by Gasteiger charge is -2.39. The molecule has 9 nitrogen and oxygen atoms in total. The quantitative estimate of drug-likeness (QED) is 0.367. The molecule has 2 heterocycles. The number of esters is 1. The van der Waals surface area contributed by atoms with E-state index in [0.29, 0.717) is 24.7 Å². The SMILES string of the molecule is CC(C)(C)OC(=O)C(COc1ccc2nc(NC3CN(C(=O)O)C3)ccc2c1)O[Si](C)(C)C(C)(C)C. The highest BCUT2D eigenvalue weighted by molar-refractivity contribution is 6.74. The maximum Gasteiger partial charge on any atom is 0.407 e. The Morgan fingerprint density at radius 3 is 2.39 bits per heavy atom. The number of likely N-dealkylation sites (tertiary alicyclic amines) is 1. The molecule has 2 N–H and O–H groups in total. The van der Waals surface area contributed by atoms with Crippen LogP contribution in [0.3, 0.4) is 0 Å². The molecule has 1 amide bonds. The number of hydrogen-bond donors (Lipinski definition) is 2. The van der Waals surface area contributed by atoms with Crippen LogP contribution in [0.5, 0.6) is 5.75 Å². The number of carboxylic acid groups (broad SMARTS) is 1. The van der Waals surface area contributed by atoms with Gasteiger partial charge in [-0.05, 0) is 69.2 Å². The highest BCUT2D eigenvalue weighted by Crippen LogP contribution is 2.37. The fourth-order valence-electron chi connectivity index (χ4n) is 3.43. The molecule has 1 aromatic carbocycles. The summed E-state index contributed by atoms with van der Waals surface area (Å²) >= 11 is 0. The molecule has 2 aromatic rings. The van der Waals surface area contributed by atoms with Crippen molar-refractivity contribution in [1.82, 2.24) is 9.88 Å². The van der Waals surface area contributed by atoms with E-state index in [9.17, 15) is 9.59 Å². The first-order chi connectivity index (χ1) is 16.5. The van der Waals surface area contributed by atoms with Crippen LogP contribution in [0, 0.1) is 0 Å². The first kappa shape index (κ1) is 27.7. The Morgan fingerprint density at radius 2 is 1.81 bits per heavy atom. The van der Waals surface area contributed by atoms with Gasteiger partial charge in [0.15, 0.2) is 14.4 Å². The zero-order valence-corrected chi connectivity index (χ0v) is 23.5. The standard InChI is InChI=1S/C26H39N3O6Si/c1-25(2,3)34-23(30)21(35-36(7,8)26(4,5)6)16-33-19-10-11-20-17(13-19)9-12-22(28-20)27-18-14-29(15-18)24(31)32/h9-13,18,21H,14-16H2,1-8H3,(H,27,28)(H,31,32). The molecule has 36 heavy (non-hydrogen) atoms. The van der Waals surface area contributed by atoms with Crippen molar-refractivity contribution in [3.63, 3.8) is 0 Å². The topological polar surface area (TPSA) is 110 Å². The molecule has 1 aliphatic heterocycles. The van der Waals surface area contributed by atoms with Gasteiger partial charge in [-0.25, -0.2) is 14.6 Å². The molecule has 1 unspecified atom stereocenters. The number of benzene rings is 1. The molecule has 0 spiro atoms. The maximum absolute atomic E-state index is 13.0. The van der Waals surface area contributed by atoms with E-state index in [2.05, 4.69) is 44.2 Å². The summed E-state index contributed by atoms with van der Waals surface area (Å²) in [7, 11) is -2.25. The van der Waals surface area contributed by atoms with Crippen molar-refractivity contribution in [2.75, 3.05) is 25.0 Å². The number of nitrogens with zero attached hydrogens (tertiary/aromatic N) is 2. The third kappa shape index (κ3) is 7.10. The third-order valence-corrected chi connectivity index (χ3v) is 11.0. The van der Waals surface area contributed by atoms with Crippen LogP contribution in [0.25, 0.3) is 10.9 Å². The summed E-state index contributed by atoms with van der Waals surface area (Å²) in [5, 5.41) is 13.1. The zero-order chi connectivity index (χ0) is 26.9. The minimum absolute atomic E-state index is 0.0434. The molecule has 10 heteroatoms. The Balaban J connectivity index is 1.68. The Hall–Kier alpha value is -2.85. The van der Waals surface area contributed by atoms with E-state index in [4.69, 9.17) is 19.0 Å². The number of nitrogens with one attached hydrogen (secondary N) is 1. The smallest absolute Gasteiger partial charge is 0.407 e. The second-order valence-corrected chi connectivity index (χ2v) is 16.5. The number of carbonyl (C=O) groups excluding carboxylic acids is 1. The molecule has 1 fully saturated rings. The van der Waals surface area contributed by atoms with Gasteiger partial charge >= 0.3 is 12.1 Å². The van der Waals surface area contributed by atoms with E-state index < -0.39 is 32.1 Å². The van der Waals surface area contributed by atoms with Crippen LogP contribution in [0.4, 0.5) is 10.6 Å². The number of carbonyl (C=O) groups is 2. The van der Waals surface area contributed by atoms with Crippen LogP contribution < -0.4 is 10.1 Å². The van der Waals surface area contributed by atoms with Crippen LogP contribution in [-0.4, -0.2) is 72.8 Å². The molecule has 0 aliphatic carbocycles. The Bertz CT molecular complexity index is 1100. The molecule has 0 radical (unpaired) electrons. The molecular formula is C26H39N3O6Si. The zero-order valence-electron chi connectivity index (χ0n) is 22.5. The summed E-state index contributed by atoms with van der Waals surface area (Å²) in [4.78, 5) is 29.9. The van der Waals surface area contributed by atoms with Crippen molar-refractivity contribution in [1.29, 1.82) is 0 Å². The molecule has 1 atom stereocenters. The monoisotopic (exact) mass is 517 g/mol. The third-order valence-electron chi connectivity index (χ3n) is 6.48. The number of rotatable bonds is 8. The average molecular weight is 518 g/mol. The van der Waals surface area contributed by atoms with E-state index in [1.165, 1.54) is 4.90 Å². The normalized spacial score (nSPS) is 15.8. The molecule has 1 aliphatic rings. The first-order valence-corrected chi connectivity index (χ1v) is 15.1. The fourth-order valence-corrected chi connectivity index (χ4v) is 4.66. The van der Waals surface area contributed by atoms with Crippen molar-refractivity contribution in [2.24, 2.45) is 0 Å². The fraction of sp³-hybridized carbons (Fsp3) is 0.577. The minimum Gasteiger partial charge on any atom is -0.490 e. The largest absolute Gasteiger partial charge is 0.490 e. The molecule has 1 saturated heterocycles. The van der Waals surface area contributed by atoms with Crippen LogP contribution >= 0.6 is 0 Å². The van der Waals surface area contributed by atoms with Gasteiger partial charge in [0.1, 0.15) is 23.8 Å². The summed E-state index contributed by atoms with van der Waals surface area (Å²) in [6.07, 6.45) is -1.74. The minimum atomic E-state index is -2.25. The summed E-state index contributed by atoms with van der Waals surface area (Å²) in [5.74, 6) is 0.871. The van der Waals surface area contributed by atoms with Gasteiger partial charge in [0.25, 0.3) is 0 Å². The van der Waals surface area contributed by atoms with Gasteiger partial charge in [-0.15, -0.1) is 0 Å². The first-order valence-electron chi connectivity index (χ1n) is 12.2. The van der Waals surface area contributed by atoms with Crippen molar-refractivity contribution in [2.45, 2.75) is 77.4 Å². The van der Waals surface area contributed by atoms with Gasteiger partial charge in [0.2, 0.25) is 0 Å². The van der Waals surface area contributed by atoms with E-state index >= 15 is 0 Å². The van der Waals surface area contributed by atoms with Crippen molar-refractivity contribution in [3.05, 3.63) is 30.3 Å². The molecule has 198 valence electrons. The predicted octanol–water partition coefficient (Wildman–Crippen LogP) is 5.12. The lowest BCUT2D eigenvalue weighted by Crippen LogP contribution is -2.56. The van der Waals surface area contributed by atoms with E-state index in [1.807, 2.05) is 51.1 Å². The highest BCUT2D eigenvalue weighted by Gasteiger charge is 2.42. The molecule has 3 rings (SSSR count). The highest BCUT2D eigenvalue weighted by atomic mass is 28.4. The second-order valence-electron chi connectivity index (χ2n) is 11.8. The lowest BCUT2D eigenvalue weighted by atomic mass is 10.1. The van der Waals surface area contributed by atoms with Crippen LogP contribution in [0.15, 0.2) is 30.3 Å². The van der Waals surface area contributed by atoms with Crippen LogP contribution in [0.1, 0.15) is 41.5 Å². The van der Waals surface area contributed by atoms with E-state index in [0.717, 1.165) is 10.9 Å². The van der Waals surface area contributed by atoms with Gasteiger partial charge in [0.05, 0.1) is 11.6 Å². The maximum atomic E-state index is 13.0. The average Bonchev–Trinajstić information content (AvgIpc) is 2.70. The van der Waals surface area contributed by atoms with Crippen LogP contribution in [-0.2, 0) is 14.0 Å². The number of hydrogen-bond acceptors (Lipinski definition) is 7. The van der Waals surface area contributed by atoms with E-state index in [-0.39, 0.29) is 17.7 Å². The van der Waals surface area contributed by atoms with Crippen LogP contribution in [0.2, 0.25) is 18.1 Å². The molecular weight excluding hydrogens is 478 g/mol. The van der Waals surface area contributed by atoms with Crippen molar-refractivity contribution < 1.29 is 28.6 Å². The van der Waals surface area contributed by atoms with Crippen molar-refractivity contribution in [3.8, 4) is 5.75 Å². The molecule has 0 bridgehead atoms. The van der Waals surface area contributed by atoms with Gasteiger partial charge < -0.3 is 29.2 Å². The van der Waals surface area contributed by atoms with Gasteiger partial charge in [-0.3, -0.25) is 0 Å². The van der Waals surface area contributed by atoms with Gasteiger partial charge in [0, 0.05) is 18.5 Å². The van der Waals surface area contributed by atoms with E-state index in [1.54, 1.807) is 0 Å². The van der Waals surface area contributed by atoms with Crippen molar-refractivity contribution >= 4 is 37.1 Å². The number of pyridine rings is 1. The number of amides is 1. The number of aromatic nitrogens is 1. The molecule has 0 saturated carbocycles. The summed E-state index contributed by atoms with van der Waals surface area (Å²) in [6, 6.07) is 9.40. The van der Waals surface area contributed by atoms with Gasteiger partial charge in [-0.1, -0.05) is 20.8 Å². The van der Waals surface area contributed by atoms with Gasteiger partial charge in [-0.2, -0.15) is 0 Å². The predicted molar refractivity (Wildman–Crippen MR) is 142 cm³/mol. The number of ether oxygens (including phenoxy) is 2. The number of fused-ring (bicyclic) bond motifs is 1. The number of anilines is 1. The summed E-state index contributed by atoms with van der Waals surface area (Å²) < 4.78 is 18.0. The molecule has 1 aromatic heterocycles. The summed E-state index contributed by atoms with van der Waals surface area (Å²) in [6.45, 7) is 17.0. The summed E-state index contributed by atoms with van der Waals surface area (Å²) in [5.41, 5.74) is 0.153. The second kappa shape index (κ2) is 10.3. The Morgan fingerprint density at radius 1 is 1.14 bits per heavy atom. The Kier molecular flexibility index (Phi) is 7.90.